The van der Waals surface area contributed by atoms with Crippen molar-refractivity contribution in [1.82, 2.24) is 0 Å². The van der Waals surface area contributed by atoms with E-state index < -0.39 is 42.7 Å². The summed E-state index contributed by atoms with van der Waals surface area (Å²) < 4.78 is 77.5. The Morgan fingerprint density at radius 2 is 1.81 bits per heavy atom. The molecule has 21 heavy (non-hydrogen) atoms. The van der Waals surface area contributed by atoms with Crippen molar-refractivity contribution in [1.29, 1.82) is 0 Å². The maximum absolute atomic E-state index is 12.7. The first-order valence-corrected chi connectivity index (χ1v) is 5.40. The van der Waals surface area contributed by atoms with E-state index in [4.69, 9.17) is 5.73 Å². The molecule has 1 rings (SSSR count). The number of nitrogens with two attached hydrogens (primary N) is 1. The fourth-order valence-corrected chi connectivity index (χ4v) is 1.35. The molecule has 0 spiro atoms. The van der Waals surface area contributed by atoms with Gasteiger partial charge >= 0.3 is 12.4 Å². The smallest absolute Gasteiger partial charge is 0.399 e. The highest BCUT2D eigenvalue weighted by Gasteiger charge is 2.34. The number of anilines is 2. The number of carbonyl (C=O) groups is 1. The number of nitrogens with one attached hydrogen (secondary N) is 1. The molecular formula is C11H10F6N2O2. The molecule has 0 aliphatic heterocycles. The van der Waals surface area contributed by atoms with Gasteiger partial charge in [0.05, 0.1) is 11.3 Å². The summed E-state index contributed by atoms with van der Waals surface area (Å²) in [4.78, 5) is 11.3. The number of hydrogen-bond acceptors (Lipinski definition) is 3. The normalized spacial score (nSPS) is 12.3. The molecule has 0 aliphatic carbocycles. The van der Waals surface area contributed by atoms with Crippen molar-refractivity contribution in [3.05, 3.63) is 23.8 Å². The summed E-state index contributed by atoms with van der Waals surface area (Å²) in [5.41, 5.74) is 3.23. The van der Waals surface area contributed by atoms with Crippen LogP contribution in [0.25, 0.3) is 0 Å². The van der Waals surface area contributed by atoms with Crippen molar-refractivity contribution >= 4 is 17.3 Å². The van der Waals surface area contributed by atoms with Gasteiger partial charge in [0.2, 0.25) is 5.91 Å². The van der Waals surface area contributed by atoms with Crippen LogP contribution in [0.3, 0.4) is 0 Å². The van der Waals surface area contributed by atoms with Gasteiger partial charge in [0.25, 0.3) is 0 Å². The van der Waals surface area contributed by atoms with E-state index in [-0.39, 0.29) is 5.69 Å². The number of halogens is 6. The van der Waals surface area contributed by atoms with Gasteiger partial charge in [0.1, 0.15) is 13.2 Å². The van der Waals surface area contributed by atoms with Gasteiger partial charge in [0.15, 0.2) is 0 Å². The van der Waals surface area contributed by atoms with Gasteiger partial charge in [0, 0.05) is 5.69 Å². The highest BCUT2D eigenvalue weighted by molar-refractivity contribution is 5.92. The number of hydrogen-bond donors (Lipinski definition) is 2. The first-order chi connectivity index (χ1) is 9.49. The Hall–Kier alpha value is -1.97. The van der Waals surface area contributed by atoms with E-state index in [0.29, 0.717) is 6.07 Å². The number of rotatable bonds is 4. The molecule has 0 saturated heterocycles. The van der Waals surface area contributed by atoms with Crippen molar-refractivity contribution in [2.45, 2.75) is 12.4 Å². The summed E-state index contributed by atoms with van der Waals surface area (Å²) in [5, 5.41) is 1.82. The van der Waals surface area contributed by atoms with Crippen LogP contribution in [0.15, 0.2) is 18.2 Å². The van der Waals surface area contributed by atoms with Crippen LogP contribution in [0.2, 0.25) is 0 Å². The molecule has 0 saturated carbocycles. The summed E-state index contributed by atoms with van der Waals surface area (Å²) in [6.45, 7) is -2.70. The molecule has 0 fully saturated rings. The second kappa shape index (κ2) is 6.20. The minimum Gasteiger partial charge on any atom is -0.399 e. The molecule has 0 bridgehead atoms. The first-order valence-electron chi connectivity index (χ1n) is 5.40. The standard InChI is InChI=1S/C11H10F6N2O2/c12-10(13,14)5-21-4-9(20)19-8-2-1-6(18)3-7(8)11(15,16)17/h1-3H,4-5,18H2,(H,19,20). The van der Waals surface area contributed by atoms with Gasteiger partial charge in [-0.1, -0.05) is 0 Å². The second-order valence-electron chi connectivity index (χ2n) is 3.96. The number of ether oxygens (including phenoxy) is 1. The Morgan fingerprint density at radius 1 is 1.19 bits per heavy atom. The van der Waals surface area contributed by atoms with Gasteiger partial charge in [-0.2, -0.15) is 26.3 Å². The van der Waals surface area contributed by atoms with E-state index in [2.05, 4.69) is 4.74 Å². The van der Waals surface area contributed by atoms with Crippen molar-refractivity contribution in [2.75, 3.05) is 24.3 Å². The van der Waals surface area contributed by atoms with Crippen LogP contribution in [0.4, 0.5) is 37.7 Å². The average Bonchev–Trinajstić information content (AvgIpc) is 2.28. The average molecular weight is 316 g/mol. The number of carbonyl (C=O) groups excluding carboxylic acids is 1. The summed E-state index contributed by atoms with van der Waals surface area (Å²) in [5.74, 6) is -1.14. The van der Waals surface area contributed by atoms with Crippen molar-refractivity contribution in [3.8, 4) is 0 Å². The van der Waals surface area contributed by atoms with Crippen molar-refractivity contribution in [3.63, 3.8) is 0 Å². The number of amides is 1. The van der Waals surface area contributed by atoms with E-state index in [1.54, 1.807) is 0 Å². The summed E-state index contributed by atoms with van der Waals surface area (Å²) >= 11 is 0. The van der Waals surface area contributed by atoms with E-state index in [0.717, 1.165) is 12.1 Å². The molecule has 0 heterocycles. The molecule has 10 heteroatoms. The van der Waals surface area contributed by atoms with Crippen LogP contribution in [0.5, 0.6) is 0 Å². The topological polar surface area (TPSA) is 64.3 Å². The molecule has 4 nitrogen and oxygen atoms in total. The van der Waals surface area contributed by atoms with E-state index in [9.17, 15) is 31.1 Å². The Bertz CT molecular complexity index is 512. The molecule has 118 valence electrons. The highest BCUT2D eigenvalue weighted by Crippen LogP contribution is 2.36. The largest absolute Gasteiger partial charge is 0.418 e. The molecule has 3 N–H and O–H groups in total. The molecular weight excluding hydrogens is 306 g/mol. The summed E-state index contributed by atoms with van der Waals surface area (Å²) in [6, 6.07) is 2.62. The lowest BCUT2D eigenvalue weighted by Crippen LogP contribution is -2.25. The molecule has 1 aromatic rings. The third kappa shape index (κ3) is 5.90. The third-order valence-electron chi connectivity index (χ3n) is 2.12. The summed E-state index contributed by atoms with van der Waals surface area (Å²) in [7, 11) is 0. The van der Waals surface area contributed by atoms with Crippen LogP contribution in [-0.4, -0.2) is 25.3 Å². The van der Waals surface area contributed by atoms with Gasteiger partial charge in [-0.05, 0) is 18.2 Å². The summed E-state index contributed by atoms with van der Waals surface area (Å²) in [6.07, 6.45) is -9.40. The van der Waals surface area contributed by atoms with E-state index >= 15 is 0 Å². The predicted octanol–water partition coefficient (Wildman–Crippen LogP) is 2.81. The van der Waals surface area contributed by atoms with Gasteiger partial charge in [-0.25, -0.2) is 0 Å². The lowest BCUT2D eigenvalue weighted by Gasteiger charge is -2.14. The van der Waals surface area contributed by atoms with Crippen LogP contribution in [0.1, 0.15) is 5.56 Å². The monoisotopic (exact) mass is 316 g/mol. The molecule has 0 radical (unpaired) electrons. The van der Waals surface area contributed by atoms with Crippen LogP contribution in [-0.2, 0) is 15.7 Å². The molecule has 1 amide bonds. The lowest BCUT2D eigenvalue weighted by atomic mass is 10.1. The number of nitrogen functional groups attached to an aromatic ring is 1. The van der Waals surface area contributed by atoms with Gasteiger partial charge in [-0.15, -0.1) is 0 Å². The van der Waals surface area contributed by atoms with Gasteiger partial charge in [-0.3, -0.25) is 4.79 Å². The quantitative estimate of drug-likeness (QED) is 0.663. The first kappa shape index (κ1) is 17.1. The maximum atomic E-state index is 12.7. The second-order valence-corrected chi connectivity index (χ2v) is 3.96. The fraction of sp³-hybridized carbons (Fsp3) is 0.364. The highest BCUT2D eigenvalue weighted by atomic mass is 19.4. The Morgan fingerprint density at radius 3 is 2.33 bits per heavy atom. The molecule has 0 unspecified atom stereocenters. The SMILES string of the molecule is Nc1ccc(NC(=O)COCC(F)(F)F)c(C(F)(F)F)c1. The van der Waals surface area contributed by atoms with Crippen LogP contribution in [0, 0.1) is 0 Å². The maximum Gasteiger partial charge on any atom is 0.418 e. The third-order valence-corrected chi connectivity index (χ3v) is 2.12. The van der Waals surface area contributed by atoms with Crippen LogP contribution < -0.4 is 11.1 Å². The zero-order valence-electron chi connectivity index (χ0n) is 10.3. The fourth-order valence-electron chi connectivity index (χ4n) is 1.35. The molecule has 1 aromatic carbocycles. The Kier molecular flexibility index (Phi) is 5.05. The van der Waals surface area contributed by atoms with Crippen molar-refractivity contribution < 1.29 is 35.9 Å². The minimum absolute atomic E-state index is 0.173. The van der Waals surface area contributed by atoms with E-state index in [1.807, 2.05) is 5.32 Å². The zero-order chi connectivity index (χ0) is 16.3. The minimum atomic E-state index is -4.77. The Balaban J connectivity index is 2.73. The molecule has 0 aromatic heterocycles. The number of benzene rings is 1. The van der Waals surface area contributed by atoms with Crippen molar-refractivity contribution in [2.24, 2.45) is 0 Å². The van der Waals surface area contributed by atoms with E-state index in [1.165, 1.54) is 0 Å². The van der Waals surface area contributed by atoms with Crippen LogP contribution >= 0.6 is 0 Å². The molecule has 0 aliphatic rings. The Labute approximate surface area is 114 Å². The lowest BCUT2D eigenvalue weighted by molar-refractivity contribution is -0.174. The molecule has 0 atom stereocenters. The predicted molar refractivity (Wildman–Crippen MR) is 61.4 cm³/mol. The zero-order valence-corrected chi connectivity index (χ0v) is 10.3. The van der Waals surface area contributed by atoms with Gasteiger partial charge < -0.3 is 15.8 Å². The number of alkyl halides is 6.